The minimum atomic E-state index is -4.48. The highest BCUT2D eigenvalue weighted by Crippen LogP contribution is 2.28. The SMILES string of the molecule is O[C@@H](CNC1CCC1)c1cccc(C(F)(F)F)n1.S. The van der Waals surface area contributed by atoms with E-state index in [9.17, 15) is 18.3 Å². The van der Waals surface area contributed by atoms with Crippen molar-refractivity contribution in [2.24, 2.45) is 0 Å². The third-order valence-corrected chi connectivity index (χ3v) is 3.11. The van der Waals surface area contributed by atoms with Gasteiger partial charge in [0.05, 0.1) is 5.69 Å². The Hall–Kier alpha value is -0.790. The van der Waals surface area contributed by atoms with Crippen LogP contribution < -0.4 is 5.32 Å². The van der Waals surface area contributed by atoms with E-state index in [1.165, 1.54) is 12.1 Å². The average Bonchev–Trinajstić information content (AvgIpc) is 2.26. The normalized spacial score (nSPS) is 17.5. The van der Waals surface area contributed by atoms with E-state index in [0.717, 1.165) is 25.3 Å². The summed E-state index contributed by atoms with van der Waals surface area (Å²) in [6.45, 7) is 0.235. The topological polar surface area (TPSA) is 45.1 Å². The standard InChI is InChI=1S/C12H15F3N2O.H2S/c13-12(14,15)11-6-2-5-9(17-11)10(18)7-16-8-3-1-4-8;/h2,5-6,8,10,16,18H,1,3-4,7H2;1H2/t10-;/m0./s1. The van der Waals surface area contributed by atoms with Gasteiger partial charge in [-0.1, -0.05) is 12.5 Å². The molecule has 0 amide bonds. The largest absolute Gasteiger partial charge is 0.433 e. The molecular weight excluding hydrogens is 277 g/mol. The lowest BCUT2D eigenvalue weighted by Gasteiger charge is -2.27. The van der Waals surface area contributed by atoms with Gasteiger partial charge in [0.1, 0.15) is 11.8 Å². The molecule has 0 saturated heterocycles. The summed E-state index contributed by atoms with van der Waals surface area (Å²) in [6, 6.07) is 3.95. The first-order chi connectivity index (χ1) is 8.47. The molecule has 1 atom stereocenters. The molecule has 1 saturated carbocycles. The third kappa shape index (κ3) is 4.36. The number of hydrogen-bond donors (Lipinski definition) is 2. The van der Waals surface area contributed by atoms with Gasteiger partial charge in [-0.3, -0.25) is 0 Å². The Morgan fingerprint density at radius 1 is 1.37 bits per heavy atom. The molecule has 2 N–H and O–H groups in total. The van der Waals surface area contributed by atoms with Gasteiger partial charge in [0.2, 0.25) is 0 Å². The first-order valence-corrected chi connectivity index (χ1v) is 5.92. The molecule has 1 heterocycles. The van der Waals surface area contributed by atoms with Crippen molar-refractivity contribution >= 4 is 13.5 Å². The van der Waals surface area contributed by atoms with Crippen molar-refractivity contribution in [2.45, 2.75) is 37.6 Å². The van der Waals surface area contributed by atoms with Crippen molar-refractivity contribution in [3.05, 3.63) is 29.6 Å². The van der Waals surface area contributed by atoms with Gasteiger partial charge >= 0.3 is 6.18 Å². The van der Waals surface area contributed by atoms with Crippen molar-refractivity contribution < 1.29 is 18.3 Å². The van der Waals surface area contributed by atoms with Crippen LogP contribution in [-0.2, 0) is 6.18 Å². The van der Waals surface area contributed by atoms with Gasteiger partial charge in [0.15, 0.2) is 0 Å². The first kappa shape index (κ1) is 16.3. The molecule has 1 aliphatic rings. The summed E-state index contributed by atoms with van der Waals surface area (Å²) in [5.74, 6) is 0. The van der Waals surface area contributed by atoms with Crippen molar-refractivity contribution in [1.82, 2.24) is 10.3 Å². The van der Waals surface area contributed by atoms with Crippen molar-refractivity contribution in [1.29, 1.82) is 0 Å². The predicted molar refractivity (Wildman–Crippen MR) is 70.2 cm³/mol. The second-order valence-electron chi connectivity index (χ2n) is 4.50. The molecule has 19 heavy (non-hydrogen) atoms. The molecule has 7 heteroatoms. The second kappa shape index (κ2) is 6.58. The van der Waals surface area contributed by atoms with Crippen LogP contribution in [0, 0.1) is 0 Å². The van der Waals surface area contributed by atoms with Crippen LogP contribution in [0.1, 0.15) is 36.8 Å². The quantitative estimate of drug-likeness (QED) is 0.896. The predicted octanol–water partition coefficient (Wildman–Crippen LogP) is 2.39. The third-order valence-electron chi connectivity index (χ3n) is 3.11. The lowest BCUT2D eigenvalue weighted by molar-refractivity contribution is -0.141. The molecule has 0 radical (unpaired) electrons. The molecule has 0 aliphatic heterocycles. The van der Waals surface area contributed by atoms with Crippen LogP contribution >= 0.6 is 13.5 Å². The molecule has 1 fully saturated rings. The molecular formula is C12H17F3N2OS. The average molecular weight is 294 g/mol. The summed E-state index contributed by atoms with van der Waals surface area (Å²) >= 11 is 0. The summed E-state index contributed by atoms with van der Waals surface area (Å²) in [6.07, 6.45) is -2.20. The van der Waals surface area contributed by atoms with E-state index in [0.29, 0.717) is 6.04 Å². The van der Waals surface area contributed by atoms with Crippen LogP contribution in [0.15, 0.2) is 18.2 Å². The second-order valence-corrected chi connectivity index (χ2v) is 4.50. The lowest BCUT2D eigenvalue weighted by atomic mass is 9.93. The van der Waals surface area contributed by atoms with E-state index in [1.807, 2.05) is 0 Å². The molecule has 1 aromatic rings. The van der Waals surface area contributed by atoms with Gasteiger partial charge < -0.3 is 10.4 Å². The molecule has 0 aromatic carbocycles. The highest BCUT2D eigenvalue weighted by Gasteiger charge is 2.32. The van der Waals surface area contributed by atoms with Crippen molar-refractivity contribution in [3.8, 4) is 0 Å². The van der Waals surface area contributed by atoms with E-state index in [4.69, 9.17) is 0 Å². The summed E-state index contributed by atoms with van der Waals surface area (Å²) in [7, 11) is 0. The maximum absolute atomic E-state index is 12.4. The molecule has 108 valence electrons. The number of hydrogen-bond acceptors (Lipinski definition) is 3. The lowest BCUT2D eigenvalue weighted by Crippen LogP contribution is -2.37. The minimum Gasteiger partial charge on any atom is -0.385 e. The summed E-state index contributed by atoms with van der Waals surface area (Å²) in [5, 5.41) is 12.9. The Kier molecular flexibility index (Phi) is 5.64. The van der Waals surface area contributed by atoms with E-state index < -0.39 is 18.0 Å². The zero-order valence-electron chi connectivity index (χ0n) is 10.2. The van der Waals surface area contributed by atoms with Gasteiger partial charge in [-0.05, 0) is 25.0 Å². The van der Waals surface area contributed by atoms with Gasteiger partial charge in [-0.2, -0.15) is 26.7 Å². The number of rotatable bonds is 4. The van der Waals surface area contributed by atoms with Crippen LogP contribution in [0.5, 0.6) is 0 Å². The van der Waals surface area contributed by atoms with Crippen LogP contribution in [0.3, 0.4) is 0 Å². The molecule has 0 bridgehead atoms. The van der Waals surface area contributed by atoms with Crippen LogP contribution in [0.4, 0.5) is 13.2 Å². The molecule has 0 unspecified atom stereocenters. The Morgan fingerprint density at radius 3 is 2.58 bits per heavy atom. The number of aliphatic hydroxyl groups excluding tert-OH is 1. The molecule has 0 spiro atoms. The smallest absolute Gasteiger partial charge is 0.385 e. The zero-order valence-corrected chi connectivity index (χ0v) is 11.2. The Morgan fingerprint density at radius 2 is 2.05 bits per heavy atom. The first-order valence-electron chi connectivity index (χ1n) is 5.92. The number of aromatic nitrogens is 1. The fourth-order valence-electron chi connectivity index (χ4n) is 1.79. The molecule has 3 nitrogen and oxygen atoms in total. The van der Waals surface area contributed by atoms with E-state index >= 15 is 0 Å². The molecule has 1 aromatic heterocycles. The highest BCUT2D eigenvalue weighted by atomic mass is 32.1. The van der Waals surface area contributed by atoms with Crippen LogP contribution in [-0.4, -0.2) is 22.7 Å². The minimum absolute atomic E-state index is 0. The fraction of sp³-hybridized carbons (Fsp3) is 0.583. The Balaban J connectivity index is 0.00000180. The number of halogens is 3. The Labute approximate surface area is 116 Å². The number of nitrogens with zero attached hydrogens (tertiary/aromatic N) is 1. The van der Waals surface area contributed by atoms with Gasteiger partial charge in [0, 0.05) is 12.6 Å². The zero-order chi connectivity index (χ0) is 13.2. The van der Waals surface area contributed by atoms with E-state index in [1.54, 1.807) is 0 Å². The molecule has 1 aliphatic carbocycles. The fourth-order valence-corrected chi connectivity index (χ4v) is 1.79. The van der Waals surface area contributed by atoms with Crippen molar-refractivity contribution in [3.63, 3.8) is 0 Å². The number of aliphatic hydroxyl groups is 1. The number of nitrogens with one attached hydrogen (secondary N) is 1. The highest BCUT2D eigenvalue weighted by molar-refractivity contribution is 7.59. The summed E-state index contributed by atoms with van der Waals surface area (Å²) in [4.78, 5) is 3.45. The summed E-state index contributed by atoms with van der Waals surface area (Å²) in [5.41, 5.74) is -0.917. The van der Waals surface area contributed by atoms with Crippen LogP contribution in [0.25, 0.3) is 0 Å². The van der Waals surface area contributed by atoms with Crippen LogP contribution in [0.2, 0.25) is 0 Å². The van der Waals surface area contributed by atoms with E-state index in [-0.39, 0.29) is 25.7 Å². The van der Waals surface area contributed by atoms with Gasteiger partial charge in [0.25, 0.3) is 0 Å². The van der Waals surface area contributed by atoms with Gasteiger partial charge in [-0.25, -0.2) is 4.98 Å². The summed E-state index contributed by atoms with van der Waals surface area (Å²) < 4.78 is 37.3. The maximum Gasteiger partial charge on any atom is 0.433 e. The number of pyridine rings is 1. The van der Waals surface area contributed by atoms with Crippen molar-refractivity contribution in [2.75, 3.05) is 6.54 Å². The molecule has 2 rings (SSSR count). The Bertz CT molecular complexity index is 410. The van der Waals surface area contributed by atoms with E-state index in [2.05, 4.69) is 10.3 Å². The monoisotopic (exact) mass is 294 g/mol. The van der Waals surface area contributed by atoms with Gasteiger partial charge in [-0.15, -0.1) is 0 Å². The number of alkyl halides is 3. The maximum atomic E-state index is 12.4.